The minimum Gasteiger partial charge on any atom is -0.344 e. The second-order valence-electron chi connectivity index (χ2n) is 3.65. The summed E-state index contributed by atoms with van der Waals surface area (Å²) in [5.41, 5.74) is 1.95. The van der Waals surface area contributed by atoms with Gasteiger partial charge in [0, 0.05) is 31.0 Å². The molecule has 1 amide bonds. The van der Waals surface area contributed by atoms with Gasteiger partial charge in [0.25, 0.3) is 0 Å². The molecular weight excluding hydrogens is 200 g/mol. The normalized spacial score (nSPS) is 13.9. The highest BCUT2D eigenvalue weighted by Crippen LogP contribution is 2.19. The lowest BCUT2D eigenvalue weighted by atomic mass is 10.2. The van der Waals surface area contributed by atoms with Crippen molar-refractivity contribution >= 4 is 17.3 Å². The SMILES string of the molecule is CC(=O)Nc1ccc(N2C=CC=CC2)cc1. The van der Waals surface area contributed by atoms with Crippen LogP contribution in [0, 0.1) is 0 Å². The van der Waals surface area contributed by atoms with E-state index in [0.29, 0.717) is 0 Å². The van der Waals surface area contributed by atoms with E-state index in [9.17, 15) is 4.79 Å². The Kier molecular flexibility index (Phi) is 3.05. The van der Waals surface area contributed by atoms with E-state index in [2.05, 4.69) is 16.3 Å². The maximum atomic E-state index is 10.9. The van der Waals surface area contributed by atoms with Crippen LogP contribution in [0.15, 0.2) is 48.7 Å². The van der Waals surface area contributed by atoms with Crippen molar-refractivity contribution in [2.75, 3.05) is 16.8 Å². The first-order valence-corrected chi connectivity index (χ1v) is 5.23. The Morgan fingerprint density at radius 2 is 2.00 bits per heavy atom. The molecule has 1 aliphatic rings. The van der Waals surface area contributed by atoms with Crippen molar-refractivity contribution in [3.05, 3.63) is 48.7 Å². The summed E-state index contributed by atoms with van der Waals surface area (Å²) in [5, 5.41) is 2.75. The Morgan fingerprint density at radius 1 is 1.25 bits per heavy atom. The fourth-order valence-electron chi connectivity index (χ4n) is 1.60. The summed E-state index contributed by atoms with van der Waals surface area (Å²) in [6, 6.07) is 7.80. The van der Waals surface area contributed by atoms with Crippen LogP contribution in [0.2, 0.25) is 0 Å². The molecule has 0 spiro atoms. The molecule has 0 saturated heterocycles. The third-order valence-corrected chi connectivity index (χ3v) is 2.33. The molecule has 3 heteroatoms. The van der Waals surface area contributed by atoms with Crippen LogP contribution in [0.5, 0.6) is 0 Å². The van der Waals surface area contributed by atoms with E-state index in [-0.39, 0.29) is 5.91 Å². The van der Waals surface area contributed by atoms with Gasteiger partial charge in [0.2, 0.25) is 5.91 Å². The average molecular weight is 214 g/mol. The number of allylic oxidation sites excluding steroid dienone is 2. The van der Waals surface area contributed by atoms with Crippen LogP contribution in [0.4, 0.5) is 11.4 Å². The zero-order chi connectivity index (χ0) is 11.4. The number of carbonyl (C=O) groups is 1. The number of hydrogen-bond donors (Lipinski definition) is 1. The van der Waals surface area contributed by atoms with Crippen molar-refractivity contribution < 1.29 is 4.79 Å². The van der Waals surface area contributed by atoms with E-state index in [1.807, 2.05) is 42.6 Å². The fraction of sp³-hybridized carbons (Fsp3) is 0.154. The Balaban J connectivity index is 2.10. The third kappa shape index (κ3) is 2.51. The summed E-state index contributed by atoms with van der Waals surface area (Å²) in [7, 11) is 0. The number of rotatable bonds is 2. The molecule has 0 aliphatic carbocycles. The standard InChI is InChI=1S/C13H14N2O/c1-11(16)14-12-5-7-13(8-6-12)15-9-3-2-4-10-15/h2-9H,10H2,1H3,(H,14,16). The first-order chi connectivity index (χ1) is 7.75. The zero-order valence-electron chi connectivity index (χ0n) is 9.18. The lowest BCUT2D eigenvalue weighted by Gasteiger charge is -2.20. The predicted molar refractivity (Wildman–Crippen MR) is 66.4 cm³/mol. The van der Waals surface area contributed by atoms with E-state index in [4.69, 9.17) is 0 Å². The van der Waals surface area contributed by atoms with Crippen LogP contribution >= 0.6 is 0 Å². The predicted octanol–water partition coefficient (Wildman–Crippen LogP) is 2.53. The Hall–Kier alpha value is -2.03. The van der Waals surface area contributed by atoms with Crippen molar-refractivity contribution in [2.24, 2.45) is 0 Å². The van der Waals surface area contributed by atoms with Crippen LogP contribution < -0.4 is 10.2 Å². The molecule has 1 aromatic carbocycles. The van der Waals surface area contributed by atoms with Gasteiger partial charge in [-0.05, 0) is 30.3 Å². The number of amides is 1. The zero-order valence-corrected chi connectivity index (χ0v) is 9.18. The monoisotopic (exact) mass is 214 g/mol. The minimum atomic E-state index is -0.0476. The number of benzene rings is 1. The molecule has 82 valence electrons. The van der Waals surface area contributed by atoms with E-state index < -0.39 is 0 Å². The van der Waals surface area contributed by atoms with Gasteiger partial charge in [0.15, 0.2) is 0 Å². The number of nitrogens with one attached hydrogen (secondary N) is 1. The van der Waals surface area contributed by atoms with Crippen LogP contribution in [0.1, 0.15) is 6.92 Å². The number of nitrogens with zero attached hydrogens (tertiary/aromatic N) is 1. The molecule has 16 heavy (non-hydrogen) atoms. The van der Waals surface area contributed by atoms with Crippen molar-refractivity contribution in [3.63, 3.8) is 0 Å². The largest absolute Gasteiger partial charge is 0.344 e. The van der Waals surface area contributed by atoms with Crippen molar-refractivity contribution in [1.29, 1.82) is 0 Å². The van der Waals surface area contributed by atoms with Gasteiger partial charge in [0.1, 0.15) is 0 Å². The lowest BCUT2D eigenvalue weighted by Crippen LogP contribution is -2.17. The summed E-state index contributed by atoms with van der Waals surface area (Å²) in [5.74, 6) is -0.0476. The van der Waals surface area contributed by atoms with Gasteiger partial charge in [0.05, 0.1) is 0 Å². The summed E-state index contributed by atoms with van der Waals surface area (Å²) in [6.45, 7) is 2.39. The van der Waals surface area contributed by atoms with Crippen LogP contribution in [-0.4, -0.2) is 12.5 Å². The smallest absolute Gasteiger partial charge is 0.221 e. The molecule has 0 saturated carbocycles. The Labute approximate surface area is 95.1 Å². The summed E-state index contributed by atoms with van der Waals surface area (Å²) in [6.07, 6.45) is 8.17. The number of hydrogen-bond acceptors (Lipinski definition) is 2. The molecule has 2 rings (SSSR count). The molecule has 0 atom stereocenters. The average Bonchev–Trinajstić information content (AvgIpc) is 2.30. The number of anilines is 2. The topological polar surface area (TPSA) is 32.3 Å². The molecule has 3 nitrogen and oxygen atoms in total. The third-order valence-electron chi connectivity index (χ3n) is 2.33. The van der Waals surface area contributed by atoms with Gasteiger partial charge < -0.3 is 10.2 Å². The van der Waals surface area contributed by atoms with Crippen molar-refractivity contribution in [2.45, 2.75) is 6.92 Å². The molecule has 1 N–H and O–H groups in total. The van der Waals surface area contributed by atoms with Crippen LogP contribution in [0.25, 0.3) is 0 Å². The maximum absolute atomic E-state index is 10.9. The summed E-state index contributed by atoms with van der Waals surface area (Å²) >= 11 is 0. The molecular formula is C13H14N2O. The molecule has 1 aromatic rings. The second-order valence-corrected chi connectivity index (χ2v) is 3.65. The molecule has 0 unspecified atom stereocenters. The molecule has 1 heterocycles. The van der Waals surface area contributed by atoms with Crippen molar-refractivity contribution in [1.82, 2.24) is 0 Å². The molecule has 0 radical (unpaired) electrons. The van der Waals surface area contributed by atoms with Gasteiger partial charge >= 0.3 is 0 Å². The Morgan fingerprint density at radius 3 is 2.56 bits per heavy atom. The summed E-state index contributed by atoms with van der Waals surface area (Å²) < 4.78 is 0. The Bertz CT molecular complexity index is 432. The lowest BCUT2D eigenvalue weighted by molar-refractivity contribution is -0.114. The first-order valence-electron chi connectivity index (χ1n) is 5.23. The molecule has 0 fully saturated rings. The fourth-order valence-corrected chi connectivity index (χ4v) is 1.60. The molecule has 0 bridgehead atoms. The minimum absolute atomic E-state index is 0.0476. The quantitative estimate of drug-likeness (QED) is 0.820. The van der Waals surface area contributed by atoms with Gasteiger partial charge in [-0.25, -0.2) is 0 Å². The summed E-state index contributed by atoms with van der Waals surface area (Å²) in [4.78, 5) is 13.0. The van der Waals surface area contributed by atoms with Crippen LogP contribution in [-0.2, 0) is 4.79 Å². The van der Waals surface area contributed by atoms with E-state index in [1.165, 1.54) is 6.92 Å². The van der Waals surface area contributed by atoms with Gasteiger partial charge in [-0.2, -0.15) is 0 Å². The van der Waals surface area contributed by atoms with E-state index in [0.717, 1.165) is 17.9 Å². The van der Waals surface area contributed by atoms with Gasteiger partial charge in [-0.15, -0.1) is 0 Å². The van der Waals surface area contributed by atoms with Crippen LogP contribution in [0.3, 0.4) is 0 Å². The number of carbonyl (C=O) groups excluding carboxylic acids is 1. The van der Waals surface area contributed by atoms with E-state index in [1.54, 1.807) is 0 Å². The maximum Gasteiger partial charge on any atom is 0.221 e. The first kappa shape index (κ1) is 10.5. The molecule has 0 aromatic heterocycles. The highest BCUT2D eigenvalue weighted by molar-refractivity contribution is 5.88. The second kappa shape index (κ2) is 4.66. The highest BCUT2D eigenvalue weighted by atomic mass is 16.1. The molecule has 1 aliphatic heterocycles. The van der Waals surface area contributed by atoms with E-state index >= 15 is 0 Å². The van der Waals surface area contributed by atoms with Gasteiger partial charge in [-0.3, -0.25) is 4.79 Å². The van der Waals surface area contributed by atoms with Crippen molar-refractivity contribution in [3.8, 4) is 0 Å². The highest BCUT2D eigenvalue weighted by Gasteiger charge is 2.03. The van der Waals surface area contributed by atoms with Gasteiger partial charge in [-0.1, -0.05) is 12.2 Å².